The molecule has 4 rings (SSSR count). The van der Waals surface area contributed by atoms with Gasteiger partial charge in [0.1, 0.15) is 11.5 Å². The van der Waals surface area contributed by atoms with Gasteiger partial charge in [-0.05, 0) is 49.4 Å². The van der Waals surface area contributed by atoms with Gasteiger partial charge in [-0.1, -0.05) is 23.7 Å². The number of nitrogens with zero attached hydrogens (tertiary/aromatic N) is 1. The van der Waals surface area contributed by atoms with Gasteiger partial charge in [-0.15, -0.1) is 0 Å². The summed E-state index contributed by atoms with van der Waals surface area (Å²) in [6, 6.07) is 14.3. The minimum atomic E-state index is -1.12. The third kappa shape index (κ3) is 4.70. The molecule has 4 aromatic rings. The standard InChI is InChI=1S/C24H17ClN2O6/c1-2-32-24(31)14-5-3-13(4-6-14)20-10-8-16(33-20)12-18(25)21-26-19-11-15(23(29)30)7-9-17(19)22(28)27-21/h3-12H,2H2,1H3,(H,29,30)(H,26,27,28)/b18-12+. The summed E-state index contributed by atoms with van der Waals surface area (Å²) in [7, 11) is 0. The van der Waals surface area contributed by atoms with E-state index in [2.05, 4.69) is 9.97 Å². The number of furan rings is 1. The molecule has 33 heavy (non-hydrogen) atoms. The van der Waals surface area contributed by atoms with Gasteiger partial charge >= 0.3 is 11.9 Å². The molecule has 2 heterocycles. The van der Waals surface area contributed by atoms with Crippen LogP contribution in [0.25, 0.3) is 33.3 Å². The zero-order valence-corrected chi connectivity index (χ0v) is 18.1. The largest absolute Gasteiger partial charge is 0.478 e. The minimum absolute atomic E-state index is 0.0105. The van der Waals surface area contributed by atoms with Crippen LogP contribution in [0.4, 0.5) is 0 Å². The number of H-pyrrole nitrogens is 1. The van der Waals surface area contributed by atoms with E-state index < -0.39 is 17.5 Å². The van der Waals surface area contributed by atoms with Gasteiger partial charge < -0.3 is 19.2 Å². The molecule has 0 spiro atoms. The Kier molecular flexibility index (Phi) is 6.10. The van der Waals surface area contributed by atoms with Gasteiger partial charge in [0.25, 0.3) is 5.56 Å². The Morgan fingerprint density at radius 3 is 2.55 bits per heavy atom. The van der Waals surface area contributed by atoms with E-state index in [0.29, 0.717) is 23.7 Å². The number of ether oxygens (including phenoxy) is 1. The van der Waals surface area contributed by atoms with Gasteiger partial charge in [-0.25, -0.2) is 14.6 Å². The number of rotatable bonds is 6. The van der Waals surface area contributed by atoms with Crippen LogP contribution in [0.5, 0.6) is 0 Å². The maximum Gasteiger partial charge on any atom is 0.338 e. The molecule has 0 bridgehead atoms. The molecule has 0 saturated carbocycles. The highest BCUT2D eigenvalue weighted by molar-refractivity contribution is 6.50. The second kappa shape index (κ2) is 9.13. The topological polar surface area (TPSA) is 122 Å². The number of aromatic nitrogens is 2. The van der Waals surface area contributed by atoms with Crippen molar-refractivity contribution in [2.24, 2.45) is 0 Å². The normalized spacial score (nSPS) is 11.5. The molecular formula is C24H17ClN2O6. The van der Waals surface area contributed by atoms with Crippen LogP contribution in [0.1, 0.15) is 39.2 Å². The van der Waals surface area contributed by atoms with Gasteiger partial charge in [0.2, 0.25) is 0 Å². The van der Waals surface area contributed by atoms with Crippen LogP contribution in [0, 0.1) is 0 Å². The first-order valence-corrected chi connectivity index (χ1v) is 10.3. The van der Waals surface area contributed by atoms with Crippen molar-refractivity contribution in [3.63, 3.8) is 0 Å². The molecule has 2 aromatic heterocycles. The van der Waals surface area contributed by atoms with E-state index in [1.807, 2.05) is 0 Å². The number of hydrogen-bond acceptors (Lipinski definition) is 6. The summed E-state index contributed by atoms with van der Waals surface area (Å²) < 4.78 is 10.8. The molecule has 2 N–H and O–H groups in total. The van der Waals surface area contributed by atoms with E-state index in [1.165, 1.54) is 24.3 Å². The van der Waals surface area contributed by atoms with Crippen molar-refractivity contribution in [3.8, 4) is 11.3 Å². The summed E-state index contributed by atoms with van der Waals surface area (Å²) in [5, 5.41) is 9.52. The number of fused-ring (bicyclic) bond motifs is 1. The van der Waals surface area contributed by atoms with Crippen molar-refractivity contribution in [3.05, 3.63) is 87.7 Å². The first-order chi connectivity index (χ1) is 15.9. The van der Waals surface area contributed by atoms with Crippen LogP contribution < -0.4 is 5.56 Å². The molecule has 0 radical (unpaired) electrons. The van der Waals surface area contributed by atoms with Gasteiger partial charge in [-0.3, -0.25) is 4.79 Å². The Hall–Kier alpha value is -4.17. The molecule has 0 amide bonds. The van der Waals surface area contributed by atoms with Crippen LogP contribution in [-0.2, 0) is 4.74 Å². The number of carboxylic acids is 1. The molecule has 166 valence electrons. The monoisotopic (exact) mass is 464 g/mol. The fraction of sp³-hybridized carbons (Fsp3) is 0.0833. The SMILES string of the molecule is CCOC(=O)c1ccc(-c2ccc(/C=C(/Cl)c3nc4cc(C(=O)O)ccc4c(=O)[nH]3)o2)cc1. The van der Waals surface area contributed by atoms with Gasteiger partial charge in [0.15, 0.2) is 5.82 Å². The molecule has 0 saturated heterocycles. The highest BCUT2D eigenvalue weighted by atomic mass is 35.5. The number of aromatic amines is 1. The number of hydrogen-bond donors (Lipinski definition) is 2. The predicted molar refractivity (Wildman–Crippen MR) is 123 cm³/mol. The lowest BCUT2D eigenvalue weighted by atomic mass is 10.1. The van der Waals surface area contributed by atoms with E-state index in [0.717, 1.165) is 5.56 Å². The van der Waals surface area contributed by atoms with Crippen LogP contribution >= 0.6 is 11.6 Å². The Labute approximate surface area is 192 Å². The first kappa shape index (κ1) is 22.0. The molecule has 0 aliphatic carbocycles. The molecule has 0 fully saturated rings. The maximum absolute atomic E-state index is 12.4. The van der Waals surface area contributed by atoms with Crippen LogP contribution in [0.3, 0.4) is 0 Å². The van der Waals surface area contributed by atoms with E-state index >= 15 is 0 Å². The molecular weight excluding hydrogens is 448 g/mol. The predicted octanol–water partition coefficient (Wildman–Crippen LogP) is 4.79. The first-order valence-electron chi connectivity index (χ1n) is 9.88. The van der Waals surface area contributed by atoms with Crippen molar-refractivity contribution in [1.82, 2.24) is 9.97 Å². The molecule has 0 unspecified atom stereocenters. The van der Waals surface area contributed by atoms with Gasteiger partial charge in [0.05, 0.1) is 33.7 Å². The third-order valence-electron chi connectivity index (χ3n) is 4.76. The van der Waals surface area contributed by atoms with Crippen molar-refractivity contribution in [1.29, 1.82) is 0 Å². The number of nitrogens with one attached hydrogen (secondary N) is 1. The second-order valence-corrected chi connectivity index (χ2v) is 7.35. The number of carboxylic acid groups (broad SMARTS) is 1. The van der Waals surface area contributed by atoms with Crippen molar-refractivity contribution in [2.45, 2.75) is 6.92 Å². The van der Waals surface area contributed by atoms with Crippen LogP contribution in [0.15, 0.2) is 63.8 Å². The summed E-state index contributed by atoms with van der Waals surface area (Å²) in [4.78, 5) is 42.2. The van der Waals surface area contributed by atoms with Crippen LogP contribution in [0.2, 0.25) is 0 Å². The number of carbonyl (C=O) groups excluding carboxylic acids is 1. The van der Waals surface area contributed by atoms with Crippen LogP contribution in [-0.4, -0.2) is 33.6 Å². The molecule has 9 heteroatoms. The maximum atomic E-state index is 12.4. The van der Waals surface area contributed by atoms with E-state index in [-0.39, 0.29) is 27.3 Å². The zero-order chi connectivity index (χ0) is 23.5. The quantitative estimate of drug-likeness (QED) is 0.393. The molecule has 2 aromatic carbocycles. The lowest BCUT2D eigenvalue weighted by molar-refractivity contribution is 0.0526. The smallest absolute Gasteiger partial charge is 0.338 e. The summed E-state index contributed by atoms with van der Waals surface area (Å²) in [5.41, 5.74) is 0.962. The minimum Gasteiger partial charge on any atom is -0.478 e. The van der Waals surface area contributed by atoms with Gasteiger partial charge in [-0.2, -0.15) is 0 Å². The number of benzene rings is 2. The average molecular weight is 465 g/mol. The Balaban J connectivity index is 1.61. The van der Waals surface area contributed by atoms with E-state index in [4.69, 9.17) is 25.9 Å². The highest BCUT2D eigenvalue weighted by Crippen LogP contribution is 2.26. The molecule has 0 aliphatic rings. The van der Waals surface area contributed by atoms with Crippen molar-refractivity contribution < 1.29 is 23.8 Å². The molecule has 0 atom stereocenters. The Morgan fingerprint density at radius 2 is 1.85 bits per heavy atom. The summed E-state index contributed by atoms with van der Waals surface area (Å²) in [5.74, 6) is -0.487. The third-order valence-corrected chi connectivity index (χ3v) is 5.04. The highest BCUT2D eigenvalue weighted by Gasteiger charge is 2.12. The fourth-order valence-electron chi connectivity index (χ4n) is 3.15. The van der Waals surface area contributed by atoms with Gasteiger partial charge in [0, 0.05) is 11.6 Å². The number of halogens is 1. The Bertz CT molecular complexity index is 1450. The van der Waals surface area contributed by atoms with Crippen molar-refractivity contribution >= 4 is 45.6 Å². The second-order valence-electron chi connectivity index (χ2n) is 6.94. The van der Waals surface area contributed by atoms with E-state index in [9.17, 15) is 14.4 Å². The summed E-state index contributed by atoms with van der Waals surface area (Å²) >= 11 is 6.36. The number of carbonyl (C=O) groups is 2. The number of esters is 1. The van der Waals surface area contributed by atoms with E-state index in [1.54, 1.807) is 43.3 Å². The summed E-state index contributed by atoms with van der Waals surface area (Å²) in [6.45, 7) is 2.04. The summed E-state index contributed by atoms with van der Waals surface area (Å²) in [6.07, 6.45) is 1.49. The van der Waals surface area contributed by atoms with Crippen molar-refractivity contribution in [2.75, 3.05) is 6.61 Å². The Morgan fingerprint density at radius 1 is 1.12 bits per heavy atom. The average Bonchev–Trinajstić information content (AvgIpc) is 3.27. The molecule has 8 nitrogen and oxygen atoms in total. The fourth-order valence-corrected chi connectivity index (χ4v) is 3.35. The molecule has 0 aliphatic heterocycles. The lowest BCUT2D eigenvalue weighted by Gasteiger charge is -2.03. The lowest BCUT2D eigenvalue weighted by Crippen LogP contribution is -2.11. The number of aromatic carboxylic acids is 1. The zero-order valence-electron chi connectivity index (χ0n) is 17.3.